The average molecular weight is 221 g/mol. The zero-order valence-corrected chi connectivity index (χ0v) is 9.89. The summed E-state index contributed by atoms with van der Waals surface area (Å²) in [6, 6.07) is 4.09. The lowest BCUT2D eigenvalue weighted by Crippen LogP contribution is -2.41. The Labute approximate surface area is 96.4 Å². The number of nitrogens with two attached hydrogens (primary N) is 1. The van der Waals surface area contributed by atoms with E-state index in [2.05, 4.69) is 22.9 Å². The molecule has 0 spiro atoms. The zero-order chi connectivity index (χ0) is 11.5. The molecule has 0 bridgehead atoms. The third-order valence-corrected chi connectivity index (χ3v) is 2.84. The van der Waals surface area contributed by atoms with Crippen molar-refractivity contribution in [2.24, 2.45) is 5.73 Å². The van der Waals surface area contributed by atoms with Crippen LogP contribution in [0.15, 0.2) is 18.3 Å². The Kier molecular flexibility index (Phi) is 3.41. The fourth-order valence-electron chi connectivity index (χ4n) is 1.91. The van der Waals surface area contributed by atoms with Crippen LogP contribution in [-0.2, 0) is 4.74 Å². The van der Waals surface area contributed by atoms with Crippen LogP contribution in [0.5, 0.6) is 0 Å². The number of pyridine rings is 1. The van der Waals surface area contributed by atoms with Gasteiger partial charge in [-0.15, -0.1) is 0 Å². The van der Waals surface area contributed by atoms with E-state index in [0.717, 1.165) is 31.1 Å². The number of nitrogens with zero attached hydrogens (tertiary/aromatic N) is 2. The van der Waals surface area contributed by atoms with E-state index in [1.165, 1.54) is 0 Å². The Hall–Kier alpha value is -1.13. The predicted molar refractivity (Wildman–Crippen MR) is 64.5 cm³/mol. The molecule has 4 nitrogen and oxygen atoms in total. The van der Waals surface area contributed by atoms with Crippen molar-refractivity contribution in [3.63, 3.8) is 0 Å². The number of hydrogen-bond acceptors (Lipinski definition) is 4. The van der Waals surface area contributed by atoms with Crippen molar-refractivity contribution in [2.45, 2.75) is 26.0 Å². The molecule has 0 aliphatic carbocycles. The molecule has 16 heavy (non-hydrogen) atoms. The van der Waals surface area contributed by atoms with Crippen LogP contribution in [0.3, 0.4) is 0 Å². The Morgan fingerprint density at radius 3 is 2.94 bits per heavy atom. The van der Waals surface area contributed by atoms with Gasteiger partial charge >= 0.3 is 0 Å². The topological polar surface area (TPSA) is 51.4 Å². The summed E-state index contributed by atoms with van der Waals surface area (Å²) < 4.78 is 5.51. The molecule has 2 rings (SSSR count). The summed E-state index contributed by atoms with van der Waals surface area (Å²) in [6.45, 7) is 6.69. The minimum Gasteiger partial charge on any atom is -0.375 e. The van der Waals surface area contributed by atoms with Crippen molar-refractivity contribution in [1.82, 2.24) is 4.98 Å². The molecular weight excluding hydrogens is 202 g/mol. The maximum atomic E-state index is 5.77. The van der Waals surface area contributed by atoms with Crippen LogP contribution in [0.1, 0.15) is 25.6 Å². The number of anilines is 1. The van der Waals surface area contributed by atoms with Crippen LogP contribution in [0.25, 0.3) is 0 Å². The number of aromatic nitrogens is 1. The van der Waals surface area contributed by atoms with E-state index >= 15 is 0 Å². The molecule has 1 aromatic rings. The summed E-state index contributed by atoms with van der Waals surface area (Å²) in [5, 5.41) is 0. The van der Waals surface area contributed by atoms with E-state index < -0.39 is 0 Å². The minimum atomic E-state index is -0.00216. The van der Waals surface area contributed by atoms with Crippen LogP contribution in [0.4, 0.5) is 5.69 Å². The first kappa shape index (κ1) is 11.4. The molecule has 0 aromatic carbocycles. The van der Waals surface area contributed by atoms with E-state index in [0.29, 0.717) is 6.10 Å². The van der Waals surface area contributed by atoms with Gasteiger partial charge in [-0.1, -0.05) is 0 Å². The molecule has 0 amide bonds. The van der Waals surface area contributed by atoms with Gasteiger partial charge in [-0.2, -0.15) is 0 Å². The molecule has 1 fully saturated rings. The summed E-state index contributed by atoms with van der Waals surface area (Å²) in [6.07, 6.45) is 2.19. The van der Waals surface area contributed by atoms with E-state index in [1.807, 2.05) is 19.2 Å². The first-order valence-corrected chi connectivity index (χ1v) is 5.75. The molecule has 1 saturated heterocycles. The SMILES string of the molecule is CC1CN(c2ccc(C(C)N)nc2)CCO1. The van der Waals surface area contributed by atoms with Crippen LogP contribution in [-0.4, -0.2) is 30.8 Å². The van der Waals surface area contributed by atoms with Crippen molar-refractivity contribution in [1.29, 1.82) is 0 Å². The molecule has 2 unspecified atom stereocenters. The average Bonchev–Trinajstić information content (AvgIpc) is 2.29. The van der Waals surface area contributed by atoms with Crippen molar-refractivity contribution >= 4 is 5.69 Å². The maximum Gasteiger partial charge on any atom is 0.0722 e. The van der Waals surface area contributed by atoms with Gasteiger partial charge < -0.3 is 15.4 Å². The lowest BCUT2D eigenvalue weighted by atomic mass is 10.2. The van der Waals surface area contributed by atoms with Crippen LogP contribution < -0.4 is 10.6 Å². The van der Waals surface area contributed by atoms with Crippen LogP contribution in [0.2, 0.25) is 0 Å². The first-order chi connectivity index (χ1) is 7.66. The molecule has 1 aliphatic rings. The minimum absolute atomic E-state index is 0.00216. The summed E-state index contributed by atoms with van der Waals surface area (Å²) in [7, 11) is 0. The molecule has 4 heteroatoms. The highest BCUT2D eigenvalue weighted by atomic mass is 16.5. The Bertz CT molecular complexity index is 337. The Balaban J connectivity index is 2.09. The molecule has 0 radical (unpaired) electrons. The molecule has 2 N–H and O–H groups in total. The monoisotopic (exact) mass is 221 g/mol. The van der Waals surface area contributed by atoms with E-state index in [-0.39, 0.29) is 6.04 Å². The number of ether oxygens (including phenoxy) is 1. The highest BCUT2D eigenvalue weighted by Crippen LogP contribution is 2.18. The van der Waals surface area contributed by atoms with Crippen molar-refractivity contribution in [2.75, 3.05) is 24.6 Å². The van der Waals surface area contributed by atoms with E-state index in [4.69, 9.17) is 10.5 Å². The highest BCUT2D eigenvalue weighted by molar-refractivity contribution is 5.45. The molecule has 2 atom stereocenters. The summed E-state index contributed by atoms with van der Waals surface area (Å²) in [5.41, 5.74) is 7.86. The second-order valence-corrected chi connectivity index (χ2v) is 4.36. The number of hydrogen-bond donors (Lipinski definition) is 1. The van der Waals surface area contributed by atoms with Gasteiger partial charge in [-0.3, -0.25) is 4.98 Å². The van der Waals surface area contributed by atoms with Crippen LogP contribution in [0, 0.1) is 0 Å². The summed E-state index contributed by atoms with van der Waals surface area (Å²) >= 11 is 0. The third-order valence-electron chi connectivity index (χ3n) is 2.84. The smallest absolute Gasteiger partial charge is 0.0722 e. The van der Waals surface area contributed by atoms with Crippen molar-refractivity contribution < 1.29 is 4.74 Å². The number of morpholine rings is 1. The van der Waals surface area contributed by atoms with Gasteiger partial charge in [0.25, 0.3) is 0 Å². The number of rotatable bonds is 2. The van der Waals surface area contributed by atoms with Gasteiger partial charge in [0.2, 0.25) is 0 Å². The van der Waals surface area contributed by atoms with Gasteiger partial charge in [0.05, 0.1) is 30.3 Å². The molecular formula is C12H19N3O. The maximum absolute atomic E-state index is 5.77. The van der Waals surface area contributed by atoms with Gasteiger partial charge in [0.15, 0.2) is 0 Å². The Morgan fingerprint density at radius 2 is 2.38 bits per heavy atom. The standard InChI is InChI=1S/C12H19N3O/c1-9-8-15(5-6-16-9)11-3-4-12(10(2)13)14-7-11/h3-4,7,9-10H,5-6,8,13H2,1-2H3. The van der Waals surface area contributed by atoms with Gasteiger partial charge in [0.1, 0.15) is 0 Å². The molecule has 88 valence electrons. The van der Waals surface area contributed by atoms with Crippen molar-refractivity contribution in [3.05, 3.63) is 24.0 Å². The van der Waals surface area contributed by atoms with E-state index in [1.54, 1.807) is 0 Å². The lowest BCUT2D eigenvalue weighted by Gasteiger charge is -2.32. The Morgan fingerprint density at radius 1 is 1.56 bits per heavy atom. The predicted octanol–water partition coefficient (Wildman–Crippen LogP) is 1.33. The summed E-state index contributed by atoms with van der Waals surface area (Å²) in [4.78, 5) is 6.67. The molecule has 1 aliphatic heterocycles. The molecule has 1 aromatic heterocycles. The summed E-state index contributed by atoms with van der Waals surface area (Å²) in [5.74, 6) is 0. The highest BCUT2D eigenvalue weighted by Gasteiger charge is 2.17. The largest absolute Gasteiger partial charge is 0.375 e. The molecule has 0 saturated carbocycles. The zero-order valence-electron chi connectivity index (χ0n) is 9.89. The fraction of sp³-hybridized carbons (Fsp3) is 0.583. The van der Waals surface area contributed by atoms with Crippen molar-refractivity contribution in [3.8, 4) is 0 Å². The quantitative estimate of drug-likeness (QED) is 0.818. The lowest BCUT2D eigenvalue weighted by molar-refractivity contribution is 0.0532. The second-order valence-electron chi connectivity index (χ2n) is 4.36. The third kappa shape index (κ3) is 2.51. The fourth-order valence-corrected chi connectivity index (χ4v) is 1.91. The second kappa shape index (κ2) is 4.80. The van der Waals surface area contributed by atoms with E-state index in [9.17, 15) is 0 Å². The molecule has 2 heterocycles. The van der Waals surface area contributed by atoms with Crippen LogP contribution >= 0.6 is 0 Å². The normalized spacial score (nSPS) is 23.2. The van der Waals surface area contributed by atoms with Gasteiger partial charge in [-0.05, 0) is 26.0 Å². The first-order valence-electron chi connectivity index (χ1n) is 5.75. The van der Waals surface area contributed by atoms with Gasteiger partial charge in [0, 0.05) is 19.1 Å². The van der Waals surface area contributed by atoms with Gasteiger partial charge in [-0.25, -0.2) is 0 Å².